The number of anilines is 2. The summed E-state index contributed by atoms with van der Waals surface area (Å²) in [7, 11) is 0. The molecule has 1 aliphatic heterocycles. The van der Waals surface area contributed by atoms with Gasteiger partial charge in [0.15, 0.2) is 5.13 Å². The molecule has 0 spiro atoms. The first kappa shape index (κ1) is 19.8. The molecule has 0 bridgehead atoms. The van der Waals surface area contributed by atoms with Gasteiger partial charge in [-0.05, 0) is 31.2 Å². The summed E-state index contributed by atoms with van der Waals surface area (Å²) in [6.07, 6.45) is 4.23. The summed E-state index contributed by atoms with van der Waals surface area (Å²) in [5.41, 5.74) is 1.95. The number of ether oxygens (including phenoxy) is 1. The van der Waals surface area contributed by atoms with Crippen molar-refractivity contribution >= 4 is 33.8 Å². The fourth-order valence-corrected chi connectivity index (χ4v) is 5.03. The molecule has 1 fully saturated rings. The Kier molecular flexibility index (Phi) is 5.77. The second-order valence-corrected chi connectivity index (χ2v) is 8.50. The summed E-state index contributed by atoms with van der Waals surface area (Å²) in [5, 5.41) is 14.7. The molecule has 0 radical (unpaired) electrons. The molecule has 2 aliphatic rings. The van der Waals surface area contributed by atoms with Crippen molar-refractivity contribution < 1.29 is 14.5 Å². The zero-order chi connectivity index (χ0) is 20.4. The van der Waals surface area contributed by atoms with E-state index < -0.39 is 4.92 Å². The smallest absolute Gasteiger partial charge is 0.270 e. The Bertz CT molecular complexity index is 923. The van der Waals surface area contributed by atoms with Crippen LogP contribution in [0.15, 0.2) is 18.2 Å². The molecular formula is C20H24N4O4S. The summed E-state index contributed by atoms with van der Waals surface area (Å²) >= 11 is 1.52. The minimum absolute atomic E-state index is 0.101. The van der Waals surface area contributed by atoms with Crippen molar-refractivity contribution in [3.63, 3.8) is 0 Å². The number of nitro groups is 1. The first-order valence-corrected chi connectivity index (χ1v) is 10.8. The first-order valence-electron chi connectivity index (χ1n) is 9.96. The van der Waals surface area contributed by atoms with Gasteiger partial charge < -0.3 is 9.64 Å². The average Bonchev–Trinajstić information content (AvgIpc) is 3.15. The summed E-state index contributed by atoms with van der Waals surface area (Å²) < 4.78 is 5.38. The van der Waals surface area contributed by atoms with Gasteiger partial charge in [-0.2, -0.15) is 0 Å². The summed E-state index contributed by atoms with van der Waals surface area (Å²) in [5.74, 6) is 0.310. The van der Waals surface area contributed by atoms with Gasteiger partial charge in [0.25, 0.3) is 11.6 Å². The highest BCUT2D eigenvalue weighted by Crippen LogP contribution is 2.34. The number of morpholine rings is 1. The van der Waals surface area contributed by atoms with E-state index in [0.717, 1.165) is 31.4 Å². The Morgan fingerprint density at radius 2 is 2.21 bits per heavy atom. The fourth-order valence-electron chi connectivity index (χ4n) is 3.91. The maximum absolute atomic E-state index is 13.1. The molecule has 154 valence electrons. The third-order valence-electron chi connectivity index (χ3n) is 5.63. The number of carbonyl (C=O) groups excluding carboxylic acids is 1. The Hall–Kier alpha value is -2.52. The predicted molar refractivity (Wildman–Crippen MR) is 112 cm³/mol. The minimum Gasteiger partial charge on any atom is -0.378 e. The second kappa shape index (κ2) is 8.46. The van der Waals surface area contributed by atoms with Gasteiger partial charge in [-0.25, -0.2) is 4.98 Å². The van der Waals surface area contributed by atoms with Crippen LogP contribution in [-0.2, 0) is 17.6 Å². The number of amides is 1. The molecule has 1 saturated heterocycles. The van der Waals surface area contributed by atoms with Crippen LogP contribution in [0.5, 0.6) is 0 Å². The van der Waals surface area contributed by atoms with Crippen molar-refractivity contribution in [2.45, 2.75) is 32.6 Å². The molecule has 2 aromatic rings. The average molecular weight is 417 g/mol. The van der Waals surface area contributed by atoms with E-state index in [1.807, 2.05) is 4.90 Å². The van der Waals surface area contributed by atoms with Crippen molar-refractivity contribution in [1.29, 1.82) is 0 Å². The van der Waals surface area contributed by atoms with Gasteiger partial charge in [-0.3, -0.25) is 20.2 Å². The van der Waals surface area contributed by atoms with Crippen molar-refractivity contribution in [3.05, 3.63) is 44.4 Å². The number of nitrogens with zero attached hydrogens (tertiary/aromatic N) is 3. The van der Waals surface area contributed by atoms with E-state index in [1.54, 1.807) is 6.07 Å². The van der Waals surface area contributed by atoms with Gasteiger partial charge in [0.05, 0.1) is 35.1 Å². The number of hydrogen-bond acceptors (Lipinski definition) is 7. The van der Waals surface area contributed by atoms with Crippen molar-refractivity contribution in [1.82, 2.24) is 4.98 Å². The highest BCUT2D eigenvalue weighted by molar-refractivity contribution is 7.15. The molecule has 1 atom stereocenters. The lowest BCUT2D eigenvalue weighted by atomic mass is 9.89. The molecule has 1 amide bonds. The molecule has 0 saturated carbocycles. The van der Waals surface area contributed by atoms with E-state index in [-0.39, 0.29) is 11.6 Å². The predicted octanol–water partition coefficient (Wildman–Crippen LogP) is 3.66. The normalized spacial score (nSPS) is 18.9. The van der Waals surface area contributed by atoms with Gasteiger partial charge in [-0.15, -0.1) is 11.3 Å². The van der Waals surface area contributed by atoms with Crippen LogP contribution in [0, 0.1) is 16.0 Å². The fraction of sp³-hybridized carbons (Fsp3) is 0.500. The number of benzene rings is 1. The Balaban J connectivity index is 1.59. The second-order valence-electron chi connectivity index (χ2n) is 7.42. The maximum Gasteiger partial charge on any atom is 0.270 e. The molecule has 1 aromatic heterocycles. The summed E-state index contributed by atoms with van der Waals surface area (Å²) in [6, 6.07) is 4.44. The van der Waals surface area contributed by atoms with Gasteiger partial charge >= 0.3 is 0 Å². The zero-order valence-electron chi connectivity index (χ0n) is 16.3. The molecule has 1 unspecified atom stereocenters. The molecule has 1 N–H and O–H groups in total. The van der Waals surface area contributed by atoms with Crippen LogP contribution in [0.4, 0.5) is 16.5 Å². The number of aromatic nitrogens is 1. The van der Waals surface area contributed by atoms with Crippen LogP contribution in [-0.4, -0.2) is 42.1 Å². The molecule has 1 aliphatic carbocycles. The number of aryl methyl sites for hydroxylation is 1. The third-order valence-corrected chi connectivity index (χ3v) is 6.66. The van der Waals surface area contributed by atoms with Crippen LogP contribution in [0.25, 0.3) is 0 Å². The zero-order valence-corrected chi connectivity index (χ0v) is 17.2. The topological polar surface area (TPSA) is 97.6 Å². The van der Waals surface area contributed by atoms with E-state index in [4.69, 9.17) is 4.74 Å². The Morgan fingerprint density at radius 1 is 1.41 bits per heavy atom. The lowest BCUT2D eigenvalue weighted by molar-refractivity contribution is -0.384. The molecule has 9 heteroatoms. The van der Waals surface area contributed by atoms with Gasteiger partial charge in [0.1, 0.15) is 0 Å². The van der Waals surface area contributed by atoms with Crippen LogP contribution in [0.3, 0.4) is 0 Å². The van der Waals surface area contributed by atoms with Crippen LogP contribution in [0.2, 0.25) is 0 Å². The molecule has 29 heavy (non-hydrogen) atoms. The number of nitro benzene ring substituents is 1. The largest absolute Gasteiger partial charge is 0.378 e. The SMILES string of the molecule is CCC1CCc2nc(NC(=O)c3cc([N+](=O)[O-])ccc3N3CCOCC3)sc2C1. The highest BCUT2D eigenvalue weighted by atomic mass is 32.1. The van der Waals surface area contributed by atoms with E-state index in [2.05, 4.69) is 17.2 Å². The quantitative estimate of drug-likeness (QED) is 0.590. The van der Waals surface area contributed by atoms with Crippen LogP contribution < -0.4 is 10.2 Å². The number of carbonyl (C=O) groups is 1. The third kappa shape index (κ3) is 4.25. The monoisotopic (exact) mass is 416 g/mol. The van der Waals surface area contributed by atoms with Crippen LogP contribution in [0.1, 0.15) is 40.7 Å². The number of nitrogens with one attached hydrogen (secondary N) is 1. The maximum atomic E-state index is 13.1. The van der Waals surface area contributed by atoms with Crippen molar-refractivity contribution in [2.75, 3.05) is 36.5 Å². The number of thiazole rings is 1. The van der Waals surface area contributed by atoms with Gasteiger partial charge in [0, 0.05) is 30.1 Å². The van der Waals surface area contributed by atoms with E-state index >= 15 is 0 Å². The Morgan fingerprint density at radius 3 is 2.93 bits per heavy atom. The van der Waals surface area contributed by atoms with Gasteiger partial charge in [0.2, 0.25) is 0 Å². The number of fused-ring (bicyclic) bond motifs is 1. The molecule has 8 nitrogen and oxygen atoms in total. The summed E-state index contributed by atoms with van der Waals surface area (Å²) in [4.78, 5) is 31.7. The minimum atomic E-state index is -0.479. The van der Waals surface area contributed by atoms with E-state index in [1.165, 1.54) is 28.3 Å². The summed E-state index contributed by atoms with van der Waals surface area (Å²) in [6.45, 7) is 4.62. The van der Waals surface area contributed by atoms with Crippen molar-refractivity contribution in [2.24, 2.45) is 5.92 Å². The molecule has 1 aromatic carbocycles. The molecular weight excluding hydrogens is 392 g/mol. The highest BCUT2D eigenvalue weighted by Gasteiger charge is 2.25. The molecule has 4 rings (SSSR count). The number of rotatable bonds is 5. The van der Waals surface area contributed by atoms with E-state index in [0.29, 0.717) is 48.6 Å². The first-order chi connectivity index (χ1) is 14.0. The van der Waals surface area contributed by atoms with Crippen LogP contribution >= 0.6 is 11.3 Å². The Labute approximate surface area is 173 Å². The number of hydrogen-bond donors (Lipinski definition) is 1. The lowest BCUT2D eigenvalue weighted by Crippen LogP contribution is -2.37. The standard InChI is InChI=1S/C20H24N4O4S/c1-2-13-3-5-16-18(11-13)29-20(21-16)22-19(25)15-12-14(24(26)27)4-6-17(15)23-7-9-28-10-8-23/h4,6,12-13H,2-3,5,7-11H2,1H3,(H,21,22,25). The number of non-ortho nitro benzene ring substituents is 1. The van der Waals surface area contributed by atoms with Gasteiger partial charge in [-0.1, -0.05) is 13.3 Å². The lowest BCUT2D eigenvalue weighted by Gasteiger charge is -2.30. The molecule has 2 heterocycles. The van der Waals surface area contributed by atoms with E-state index in [9.17, 15) is 14.9 Å². The van der Waals surface area contributed by atoms with Crippen molar-refractivity contribution in [3.8, 4) is 0 Å².